The number of nitrogens with zero attached hydrogens (tertiary/aromatic N) is 4. The molecule has 27 heavy (non-hydrogen) atoms. The van der Waals surface area contributed by atoms with Gasteiger partial charge < -0.3 is 20.4 Å². The van der Waals surface area contributed by atoms with Gasteiger partial charge in [-0.1, -0.05) is 6.92 Å². The van der Waals surface area contributed by atoms with Crippen LogP contribution in [0.5, 0.6) is 0 Å². The first-order valence-electron chi connectivity index (χ1n) is 10.3. The summed E-state index contributed by atoms with van der Waals surface area (Å²) in [6.45, 7) is 12.8. The summed E-state index contributed by atoms with van der Waals surface area (Å²) in [7, 11) is 0. The minimum absolute atomic E-state index is 0.0975. The van der Waals surface area contributed by atoms with Crippen molar-refractivity contribution in [3.05, 3.63) is 6.07 Å². The van der Waals surface area contributed by atoms with Gasteiger partial charge in [0.1, 0.15) is 11.6 Å². The van der Waals surface area contributed by atoms with Crippen LogP contribution < -0.4 is 20.4 Å². The van der Waals surface area contributed by atoms with E-state index in [9.17, 15) is 0 Å². The van der Waals surface area contributed by atoms with Gasteiger partial charge in [-0.25, -0.2) is 0 Å². The van der Waals surface area contributed by atoms with E-state index in [1.807, 2.05) is 0 Å². The highest BCUT2D eigenvalue weighted by Gasteiger charge is 2.22. The zero-order valence-corrected chi connectivity index (χ0v) is 18.0. The van der Waals surface area contributed by atoms with Crippen LogP contribution in [0.15, 0.2) is 6.07 Å². The summed E-state index contributed by atoms with van der Waals surface area (Å²) in [5, 5.41) is 7.07. The molecule has 2 aliphatic heterocycles. The highest BCUT2D eigenvalue weighted by Crippen LogP contribution is 2.27. The smallest absolute Gasteiger partial charge is 0.232 e. The lowest BCUT2D eigenvalue weighted by atomic mass is 10.0. The highest BCUT2D eigenvalue weighted by atomic mass is 32.1. The molecule has 2 saturated heterocycles. The zero-order valence-electron chi connectivity index (χ0n) is 17.2. The number of hydrogen-bond acceptors (Lipinski definition) is 5. The van der Waals surface area contributed by atoms with E-state index >= 15 is 0 Å². The van der Waals surface area contributed by atoms with E-state index in [0.717, 1.165) is 37.8 Å². The molecule has 1 atom stereocenters. The molecule has 0 amide bonds. The van der Waals surface area contributed by atoms with Crippen LogP contribution in [-0.2, 0) is 0 Å². The maximum absolute atomic E-state index is 5.47. The van der Waals surface area contributed by atoms with Gasteiger partial charge in [0.25, 0.3) is 0 Å². The second-order valence-electron chi connectivity index (χ2n) is 8.98. The monoisotopic (exact) mass is 390 g/mol. The number of thiocarbonyl (C=S) groups is 1. The van der Waals surface area contributed by atoms with E-state index in [2.05, 4.69) is 54.2 Å². The van der Waals surface area contributed by atoms with E-state index in [-0.39, 0.29) is 5.54 Å². The van der Waals surface area contributed by atoms with Gasteiger partial charge in [-0.2, -0.15) is 9.97 Å². The van der Waals surface area contributed by atoms with Crippen LogP contribution in [-0.4, -0.2) is 46.8 Å². The highest BCUT2D eigenvalue weighted by molar-refractivity contribution is 7.80. The molecule has 150 valence electrons. The van der Waals surface area contributed by atoms with E-state index in [0.29, 0.717) is 17.0 Å². The fraction of sp³-hybridized carbons (Fsp3) is 0.750. The van der Waals surface area contributed by atoms with Crippen LogP contribution >= 0.6 is 12.2 Å². The molecule has 1 aromatic heterocycles. The molecule has 0 saturated carbocycles. The molecule has 0 bridgehead atoms. The normalized spacial score (nSPS) is 21.1. The second kappa shape index (κ2) is 8.59. The average molecular weight is 391 g/mol. The third kappa shape index (κ3) is 5.92. The van der Waals surface area contributed by atoms with Gasteiger partial charge in [0.2, 0.25) is 5.95 Å². The van der Waals surface area contributed by atoms with E-state index in [1.165, 1.54) is 32.1 Å². The predicted octanol–water partition coefficient (Wildman–Crippen LogP) is 3.79. The Bertz CT molecular complexity index is 650. The Balaban J connectivity index is 1.84. The Kier molecular flexibility index (Phi) is 6.40. The summed E-state index contributed by atoms with van der Waals surface area (Å²) in [6.07, 6.45) is 6.28. The minimum atomic E-state index is -0.0975. The summed E-state index contributed by atoms with van der Waals surface area (Å²) in [5.41, 5.74) is -0.0975. The molecule has 0 aromatic carbocycles. The first-order valence-corrected chi connectivity index (χ1v) is 10.7. The van der Waals surface area contributed by atoms with Gasteiger partial charge in [-0.3, -0.25) is 0 Å². The summed E-state index contributed by atoms with van der Waals surface area (Å²) in [5.74, 6) is 3.32. The molecule has 3 heterocycles. The van der Waals surface area contributed by atoms with Crippen molar-refractivity contribution < 1.29 is 0 Å². The van der Waals surface area contributed by atoms with Crippen molar-refractivity contribution in [1.82, 2.24) is 15.3 Å². The molecule has 0 radical (unpaired) electrons. The van der Waals surface area contributed by atoms with Crippen LogP contribution in [0.2, 0.25) is 0 Å². The third-order valence-corrected chi connectivity index (χ3v) is 5.28. The number of nitrogens with one attached hydrogen (secondary N) is 2. The lowest BCUT2D eigenvalue weighted by Gasteiger charge is -2.33. The van der Waals surface area contributed by atoms with E-state index < -0.39 is 0 Å². The second-order valence-corrected chi connectivity index (χ2v) is 9.39. The molecular formula is C20H34N6S. The van der Waals surface area contributed by atoms with Crippen molar-refractivity contribution in [3.63, 3.8) is 0 Å². The Hall–Kier alpha value is -1.63. The van der Waals surface area contributed by atoms with E-state index in [1.54, 1.807) is 0 Å². The molecule has 3 rings (SSSR count). The fourth-order valence-electron chi connectivity index (χ4n) is 3.80. The molecular weight excluding hydrogens is 356 g/mol. The Morgan fingerprint density at radius 2 is 1.67 bits per heavy atom. The van der Waals surface area contributed by atoms with Gasteiger partial charge >= 0.3 is 0 Å². The molecule has 2 aliphatic rings. The quantitative estimate of drug-likeness (QED) is 0.762. The van der Waals surface area contributed by atoms with Crippen molar-refractivity contribution in [2.24, 2.45) is 5.92 Å². The molecule has 7 heteroatoms. The molecule has 0 aliphatic carbocycles. The lowest BCUT2D eigenvalue weighted by molar-refractivity contribution is 0.444. The molecule has 6 nitrogen and oxygen atoms in total. The van der Waals surface area contributed by atoms with Crippen molar-refractivity contribution in [2.45, 2.75) is 65.3 Å². The largest absolute Gasteiger partial charge is 0.358 e. The third-order valence-electron chi connectivity index (χ3n) is 5.07. The molecule has 2 N–H and O–H groups in total. The molecule has 1 aromatic rings. The zero-order chi connectivity index (χ0) is 19.4. The van der Waals surface area contributed by atoms with Gasteiger partial charge in [0.05, 0.1) is 0 Å². The standard InChI is InChI=1S/C20H34N6S/c1-15-9-8-12-26(14-15)17-13-16(25-10-6-5-7-11-25)21-18(22-17)23-19(27)24-20(2,3)4/h13,15H,5-12,14H2,1-4H3,(H2,21,22,23,24,27)/t15-/m0/s1. The number of anilines is 3. The SMILES string of the molecule is C[C@H]1CCCN(c2cc(N3CCCCC3)nc(NC(=S)NC(C)(C)C)n2)C1. The van der Waals surface area contributed by atoms with Crippen LogP contribution in [0.1, 0.15) is 59.8 Å². The number of hydrogen-bond donors (Lipinski definition) is 2. The summed E-state index contributed by atoms with van der Waals surface area (Å²) < 4.78 is 0. The van der Waals surface area contributed by atoms with Gasteiger partial charge in [-0.05, 0) is 71.0 Å². The van der Waals surface area contributed by atoms with Gasteiger partial charge in [0.15, 0.2) is 5.11 Å². The van der Waals surface area contributed by atoms with Crippen LogP contribution in [0.3, 0.4) is 0 Å². The maximum Gasteiger partial charge on any atom is 0.232 e. The summed E-state index contributed by atoms with van der Waals surface area (Å²) >= 11 is 5.47. The summed E-state index contributed by atoms with van der Waals surface area (Å²) in [4.78, 5) is 14.4. The first kappa shape index (κ1) is 20.1. The van der Waals surface area contributed by atoms with Crippen LogP contribution in [0, 0.1) is 5.92 Å². The van der Waals surface area contributed by atoms with Gasteiger partial charge in [-0.15, -0.1) is 0 Å². The molecule has 0 spiro atoms. The average Bonchev–Trinajstić information content (AvgIpc) is 2.60. The molecule has 0 unspecified atom stereocenters. The van der Waals surface area contributed by atoms with Crippen LogP contribution in [0.25, 0.3) is 0 Å². The topological polar surface area (TPSA) is 56.3 Å². The number of rotatable bonds is 3. The van der Waals surface area contributed by atoms with Crippen molar-refractivity contribution >= 4 is 34.9 Å². The van der Waals surface area contributed by atoms with Crippen molar-refractivity contribution in [2.75, 3.05) is 41.3 Å². The lowest BCUT2D eigenvalue weighted by Crippen LogP contribution is -2.43. The first-order chi connectivity index (χ1) is 12.8. The van der Waals surface area contributed by atoms with Gasteiger partial charge in [0, 0.05) is 37.8 Å². The van der Waals surface area contributed by atoms with Crippen molar-refractivity contribution in [3.8, 4) is 0 Å². The van der Waals surface area contributed by atoms with E-state index in [4.69, 9.17) is 22.2 Å². The minimum Gasteiger partial charge on any atom is -0.358 e. The maximum atomic E-state index is 5.47. The molecule has 2 fully saturated rings. The van der Waals surface area contributed by atoms with Crippen LogP contribution in [0.4, 0.5) is 17.6 Å². The Morgan fingerprint density at radius 3 is 2.30 bits per heavy atom. The number of aromatic nitrogens is 2. The number of piperidine rings is 2. The Morgan fingerprint density at radius 1 is 1.04 bits per heavy atom. The fourth-order valence-corrected chi connectivity index (χ4v) is 4.19. The Labute approximate surface area is 169 Å². The van der Waals surface area contributed by atoms with Crippen molar-refractivity contribution in [1.29, 1.82) is 0 Å². The predicted molar refractivity (Wildman–Crippen MR) is 118 cm³/mol. The summed E-state index contributed by atoms with van der Waals surface area (Å²) in [6, 6.07) is 2.16.